The van der Waals surface area contributed by atoms with Gasteiger partial charge in [-0.1, -0.05) is 18.0 Å². The predicted molar refractivity (Wildman–Crippen MR) is 81.2 cm³/mol. The van der Waals surface area contributed by atoms with Crippen molar-refractivity contribution in [3.05, 3.63) is 22.8 Å². The summed E-state index contributed by atoms with van der Waals surface area (Å²) >= 11 is 7.85. The molecular formula is C13H18ClN3OS. The van der Waals surface area contributed by atoms with E-state index in [4.69, 9.17) is 11.6 Å². The van der Waals surface area contributed by atoms with Crippen LogP contribution in [0.3, 0.4) is 0 Å². The standard InChI is InChI=1S/C13H18ClN3OS/c1-15-10-5-4-9(14)11(17-10)12(18)16-8-13(19-2)6-3-7-13/h4-5H,3,6-8H2,1-2H3,(H,15,17)(H,16,18). The molecule has 104 valence electrons. The minimum absolute atomic E-state index is 0.206. The van der Waals surface area contributed by atoms with Gasteiger partial charge in [-0.05, 0) is 31.2 Å². The number of amides is 1. The van der Waals surface area contributed by atoms with Crippen LogP contribution in [0.2, 0.25) is 5.02 Å². The Bertz CT molecular complexity index is 471. The fourth-order valence-corrected chi connectivity index (χ4v) is 3.19. The summed E-state index contributed by atoms with van der Waals surface area (Å²) in [6, 6.07) is 3.43. The van der Waals surface area contributed by atoms with Crippen LogP contribution in [-0.2, 0) is 0 Å². The predicted octanol–water partition coefficient (Wildman–Crippen LogP) is 2.79. The Kier molecular flexibility index (Phi) is 4.58. The summed E-state index contributed by atoms with van der Waals surface area (Å²) in [5, 5.41) is 6.23. The van der Waals surface area contributed by atoms with Crippen molar-refractivity contribution < 1.29 is 4.79 Å². The van der Waals surface area contributed by atoms with Gasteiger partial charge in [0.1, 0.15) is 11.5 Å². The van der Waals surface area contributed by atoms with Crippen molar-refractivity contribution in [1.82, 2.24) is 10.3 Å². The van der Waals surface area contributed by atoms with Crippen LogP contribution in [0.1, 0.15) is 29.8 Å². The van der Waals surface area contributed by atoms with Gasteiger partial charge in [-0.15, -0.1) is 0 Å². The Morgan fingerprint density at radius 2 is 2.26 bits per heavy atom. The van der Waals surface area contributed by atoms with E-state index in [2.05, 4.69) is 21.9 Å². The summed E-state index contributed by atoms with van der Waals surface area (Å²) in [4.78, 5) is 16.3. The number of pyridine rings is 1. The van der Waals surface area contributed by atoms with Crippen LogP contribution < -0.4 is 10.6 Å². The molecule has 19 heavy (non-hydrogen) atoms. The lowest BCUT2D eigenvalue weighted by Crippen LogP contribution is -2.45. The molecule has 1 aromatic heterocycles. The number of rotatable bonds is 5. The maximum absolute atomic E-state index is 12.1. The molecular weight excluding hydrogens is 282 g/mol. The van der Waals surface area contributed by atoms with Crippen molar-refractivity contribution in [3.63, 3.8) is 0 Å². The molecule has 1 aliphatic carbocycles. The molecule has 1 aromatic rings. The van der Waals surface area contributed by atoms with E-state index in [0.29, 0.717) is 17.4 Å². The smallest absolute Gasteiger partial charge is 0.271 e. The zero-order valence-corrected chi connectivity index (χ0v) is 12.7. The summed E-state index contributed by atoms with van der Waals surface area (Å²) in [6.45, 7) is 0.675. The van der Waals surface area contributed by atoms with Gasteiger partial charge in [0.2, 0.25) is 0 Å². The molecule has 0 bridgehead atoms. The summed E-state index contributed by atoms with van der Waals surface area (Å²) in [7, 11) is 1.76. The molecule has 0 spiro atoms. The fourth-order valence-electron chi connectivity index (χ4n) is 2.09. The number of aromatic nitrogens is 1. The van der Waals surface area contributed by atoms with Gasteiger partial charge in [-0.2, -0.15) is 11.8 Å². The van der Waals surface area contributed by atoms with Crippen LogP contribution in [0.25, 0.3) is 0 Å². The van der Waals surface area contributed by atoms with Gasteiger partial charge < -0.3 is 10.6 Å². The Labute approximate surface area is 122 Å². The lowest BCUT2D eigenvalue weighted by molar-refractivity contribution is 0.0939. The van der Waals surface area contributed by atoms with Crippen LogP contribution in [-0.4, -0.2) is 35.5 Å². The van der Waals surface area contributed by atoms with Crippen molar-refractivity contribution in [2.45, 2.75) is 24.0 Å². The maximum atomic E-state index is 12.1. The van der Waals surface area contributed by atoms with Crippen molar-refractivity contribution in [1.29, 1.82) is 0 Å². The van der Waals surface area contributed by atoms with Crippen LogP contribution in [0, 0.1) is 0 Å². The van der Waals surface area contributed by atoms with Crippen molar-refractivity contribution >= 4 is 35.1 Å². The molecule has 2 rings (SSSR count). The molecule has 0 aromatic carbocycles. The second kappa shape index (κ2) is 6.01. The van der Waals surface area contributed by atoms with Crippen molar-refractivity contribution in [3.8, 4) is 0 Å². The SMILES string of the molecule is CNc1ccc(Cl)c(C(=O)NCC2(SC)CCC2)n1. The highest BCUT2D eigenvalue weighted by atomic mass is 35.5. The monoisotopic (exact) mass is 299 g/mol. The number of thioether (sulfide) groups is 1. The van der Waals surface area contributed by atoms with Gasteiger partial charge >= 0.3 is 0 Å². The third-order valence-corrected chi connectivity index (χ3v) is 5.31. The first-order chi connectivity index (χ1) is 9.10. The Balaban J connectivity index is 2.03. The minimum Gasteiger partial charge on any atom is -0.373 e. The van der Waals surface area contributed by atoms with E-state index in [1.54, 1.807) is 19.2 Å². The zero-order chi connectivity index (χ0) is 13.9. The molecule has 1 saturated carbocycles. The van der Waals surface area contributed by atoms with Gasteiger partial charge in [0.25, 0.3) is 5.91 Å². The lowest BCUT2D eigenvalue weighted by Gasteiger charge is -2.40. The van der Waals surface area contributed by atoms with E-state index in [1.807, 2.05) is 11.8 Å². The average molecular weight is 300 g/mol. The number of nitrogens with one attached hydrogen (secondary N) is 2. The van der Waals surface area contributed by atoms with Gasteiger partial charge in [-0.3, -0.25) is 4.79 Å². The Morgan fingerprint density at radius 1 is 1.53 bits per heavy atom. The van der Waals surface area contributed by atoms with Gasteiger partial charge in [-0.25, -0.2) is 4.98 Å². The molecule has 0 unspecified atom stereocenters. The summed E-state index contributed by atoms with van der Waals surface area (Å²) < 4.78 is 0.211. The molecule has 1 heterocycles. The Hall–Kier alpha value is -0.940. The molecule has 1 fully saturated rings. The topological polar surface area (TPSA) is 54.0 Å². The van der Waals surface area contributed by atoms with Gasteiger partial charge in [0.15, 0.2) is 0 Å². The number of nitrogens with zero attached hydrogens (tertiary/aromatic N) is 1. The first-order valence-corrected chi connectivity index (χ1v) is 7.88. The van der Waals surface area contributed by atoms with Gasteiger partial charge in [0, 0.05) is 18.3 Å². The highest BCUT2D eigenvalue weighted by Crippen LogP contribution is 2.42. The second-order valence-electron chi connectivity index (χ2n) is 4.70. The number of halogens is 1. The third-order valence-electron chi connectivity index (χ3n) is 3.59. The molecule has 6 heteroatoms. The van der Waals surface area contributed by atoms with E-state index in [9.17, 15) is 4.79 Å². The molecule has 1 amide bonds. The summed E-state index contributed by atoms with van der Waals surface area (Å²) in [5.74, 6) is 0.431. The number of hydrogen-bond acceptors (Lipinski definition) is 4. The van der Waals surface area contributed by atoms with Gasteiger partial charge in [0.05, 0.1) is 5.02 Å². The van der Waals surface area contributed by atoms with Crippen LogP contribution >= 0.6 is 23.4 Å². The molecule has 0 atom stereocenters. The van der Waals surface area contributed by atoms with E-state index in [-0.39, 0.29) is 16.3 Å². The van der Waals surface area contributed by atoms with Crippen molar-refractivity contribution in [2.75, 3.05) is 25.2 Å². The largest absolute Gasteiger partial charge is 0.373 e. The number of carbonyl (C=O) groups is 1. The quantitative estimate of drug-likeness (QED) is 0.878. The van der Waals surface area contributed by atoms with Crippen LogP contribution in [0.4, 0.5) is 5.82 Å². The molecule has 0 saturated heterocycles. The normalized spacial score (nSPS) is 16.6. The summed E-state index contributed by atoms with van der Waals surface area (Å²) in [5.41, 5.74) is 0.282. The first kappa shape index (κ1) is 14.5. The zero-order valence-electron chi connectivity index (χ0n) is 11.1. The molecule has 0 aliphatic heterocycles. The minimum atomic E-state index is -0.206. The molecule has 0 radical (unpaired) electrons. The highest BCUT2D eigenvalue weighted by molar-refractivity contribution is 8.00. The second-order valence-corrected chi connectivity index (χ2v) is 6.38. The fraction of sp³-hybridized carbons (Fsp3) is 0.538. The van der Waals surface area contributed by atoms with E-state index < -0.39 is 0 Å². The maximum Gasteiger partial charge on any atom is 0.271 e. The Morgan fingerprint density at radius 3 is 2.79 bits per heavy atom. The number of anilines is 1. The van der Waals surface area contributed by atoms with E-state index >= 15 is 0 Å². The summed E-state index contributed by atoms with van der Waals surface area (Å²) in [6.07, 6.45) is 5.65. The van der Waals surface area contributed by atoms with E-state index in [0.717, 1.165) is 12.8 Å². The lowest BCUT2D eigenvalue weighted by atomic mass is 9.84. The molecule has 1 aliphatic rings. The first-order valence-electron chi connectivity index (χ1n) is 6.28. The molecule has 4 nitrogen and oxygen atoms in total. The van der Waals surface area contributed by atoms with Crippen LogP contribution in [0.5, 0.6) is 0 Å². The molecule has 2 N–H and O–H groups in total. The van der Waals surface area contributed by atoms with Crippen molar-refractivity contribution in [2.24, 2.45) is 0 Å². The highest BCUT2D eigenvalue weighted by Gasteiger charge is 2.36. The average Bonchev–Trinajstić information content (AvgIpc) is 2.38. The number of hydrogen-bond donors (Lipinski definition) is 2. The van der Waals surface area contributed by atoms with Crippen LogP contribution in [0.15, 0.2) is 12.1 Å². The third kappa shape index (κ3) is 3.15. The number of carbonyl (C=O) groups excluding carboxylic acids is 1. The van der Waals surface area contributed by atoms with E-state index in [1.165, 1.54) is 6.42 Å².